The summed E-state index contributed by atoms with van der Waals surface area (Å²) in [7, 11) is 0. The number of Topliss-reactive ketones (excluding diaryl/α,β-unsaturated/α-hetero) is 1. The lowest BCUT2D eigenvalue weighted by atomic mass is 10.2. The molecule has 0 amide bonds. The first-order chi connectivity index (χ1) is 8.22. The molecule has 94 valence electrons. The van der Waals surface area contributed by atoms with Crippen LogP contribution in [-0.2, 0) is 9.53 Å². The maximum atomic E-state index is 11.4. The number of carbonyl (C=O) groups excluding carboxylic acids is 1. The van der Waals surface area contributed by atoms with E-state index in [9.17, 15) is 4.79 Å². The van der Waals surface area contributed by atoms with E-state index in [-0.39, 0.29) is 12.4 Å². The molecular weight excluding hydrogens is 216 g/mol. The molecule has 0 unspecified atom stereocenters. The fourth-order valence-corrected chi connectivity index (χ4v) is 1.39. The Bertz CT molecular complexity index is 347. The second-order valence-electron chi connectivity index (χ2n) is 4.01. The molecule has 0 aliphatic heterocycles. The molecule has 0 bridgehead atoms. The van der Waals surface area contributed by atoms with Gasteiger partial charge in [-0.1, -0.05) is 19.1 Å². The monoisotopic (exact) mass is 236 g/mol. The van der Waals surface area contributed by atoms with Crippen molar-refractivity contribution in [2.75, 3.05) is 19.8 Å². The van der Waals surface area contributed by atoms with E-state index in [1.165, 1.54) is 0 Å². The van der Waals surface area contributed by atoms with Gasteiger partial charge in [0.15, 0.2) is 5.78 Å². The molecule has 0 aliphatic carbocycles. The number of benzene rings is 1. The lowest BCUT2D eigenvalue weighted by Gasteiger charge is -2.06. The van der Waals surface area contributed by atoms with Crippen LogP contribution in [0.15, 0.2) is 24.3 Å². The highest BCUT2D eigenvalue weighted by molar-refractivity contribution is 5.79. The van der Waals surface area contributed by atoms with Gasteiger partial charge in [-0.3, -0.25) is 4.79 Å². The van der Waals surface area contributed by atoms with Gasteiger partial charge in [-0.25, -0.2) is 0 Å². The van der Waals surface area contributed by atoms with Gasteiger partial charge in [-0.05, 0) is 31.0 Å². The first kappa shape index (κ1) is 13.7. The number of hydrogen-bond donors (Lipinski definition) is 0. The van der Waals surface area contributed by atoms with Crippen molar-refractivity contribution in [3.63, 3.8) is 0 Å². The van der Waals surface area contributed by atoms with Crippen LogP contribution in [0, 0.1) is 6.92 Å². The van der Waals surface area contributed by atoms with Crippen molar-refractivity contribution in [1.82, 2.24) is 0 Å². The largest absolute Gasteiger partial charge is 0.493 e. The summed E-state index contributed by atoms with van der Waals surface area (Å²) in [5, 5.41) is 0. The smallest absolute Gasteiger partial charge is 0.161 e. The maximum absolute atomic E-state index is 11.4. The molecule has 0 radical (unpaired) electrons. The summed E-state index contributed by atoms with van der Waals surface area (Å²) >= 11 is 0. The maximum Gasteiger partial charge on any atom is 0.161 e. The van der Waals surface area contributed by atoms with Crippen LogP contribution in [0.2, 0.25) is 0 Å². The Hall–Kier alpha value is -1.35. The molecule has 1 rings (SSSR count). The molecule has 0 N–H and O–H groups in total. The summed E-state index contributed by atoms with van der Waals surface area (Å²) < 4.78 is 10.6. The first-order valence-corrected chi connectivity index (χ1v) is 6.01. The van der Waals surface area contributed by atoms with E-state index < -0.39 is 0 Å². The zero-order valence-corrected chi connectivity index (χ0v) is 10.6. The third-order valence-electron chi connectivity index (χ3n) is 2.25. The van der Waals surface area contributed by atoms with Crippen molar-refractivity contribution in [2.45, 2.75) is 26.7 Å². The SMILES string of the molecule is CCCOCC(=O)CCOc1cccc(C)c1. The number of carbonyl (C=O) groups is 1. The lowest BCUT2D eigenvalue weighted by molar-refractivity contribution is -0.124. The van der Waals surface area contributed by atoms with E-state index in [0.29, 0.717) is 19.6 Å². The van der Waals surface area contributed by atoms with Crippen LogP contribution in [0.25, 0.3) is 0 Å². The Labute approximate surface area is 103 Å². The molecular formula is C14H20O3. The summed E-state index contributed by atoms with van der Waals surface area (Å²) in [6.45, 7) is 5.29. The fraction of sp³-hybridized carbons (Fsp3) is 0.500. The van der Waals surface area contributed by atoms with Gasteiger partial charge in [-0.2, -0.15) is 0 Å². The molecule has 17 heavy (non-hydrogen) atoms. The minimum absolute atomic E-state index is 0.0890. The minimum Gasteiger partial charge on any atom is -0.493 e. The average molecular weight is 236 g/mol. The molecule has 3 nitrogen and oxygen atoms in total. The third-order valence-corrected chi connectivity index (χ3v) is 2.25. The number of ketones is 1. The Morgan fingerprint density at radius 1 is 1.29 bits per heavy atom. The molecule has 1 aromatic rings. The van der Waals surface area contributed by atoms with E-state index in [2.05, 4.69) is 0 Å². The van der Waals surface area contributed by atoms with Gasteiger partial charge >= 0.3 is 0 Å². The molecule has 0 aromatic heterocycles. The zero-order chi connectivity index (χ0) is 12.5. The summed E-state index contributed by atoms with van der Waals surface area (Å²) in [6.07, 6.45) is 1.34. The van der Waals surface area contributed by atoms with E-state index in [4.69, 9.17) is 9.47 Å². The van der Waals surface area contributed by atoms with E-state index in [0.717, 1.165) is 17.7 Å². The Balaban J connectivity index is 2.17. The van der Waals surface area contributed by atoms with Crippen LogP contribution in [0.3, 0.4) is 0 Å². The molecule has 3 heteroatoms. The van der Waals surface area contributed by atoms with Gasteiger partial charge in [0.05, 0.1) is 6.61 Å². The topological polar surface area (TPSA) is 35.5 Å². The summed E-state index contributed by atoms with van der Waals surface area (Å²) in [6, 6.07) is 7.80. The van der Waals surface area contributed by atoms with E-state index in [1.54, 1.807) is 0 Å². The normalized spacial score (nSPS) is 10.2. The molecule has 1 aromatic carbocycles. The van der Waals surface area contributed by atoms with E-state index >= 15 is 0 Å². The Morgan fingerprint density at radius 3 is 2.82 bits per heavy atom. The highest BCUT2D eigenvalue weighted by Gasteiger charge is 2.02. The first-order valence-electron chi connectivity index (χ1n) is 6.01. The van der Waals surface area contributed by atoms with Gasteiger partial charge < -0.3 is 9.47 Å². The predicted octanol–water partition coefficient (Wildman–Crippen LogP) is 2.76. The van der Waals surface area contributed by atoms with Crippen LogP contribution in [-0.4, -0.2) is 25.6 Å². The summed E-state index contributed by atoms with van der Waals surface area (Å²) in [5.74, 6) is 0.901. The van der Waals surface area contributed by atoms with Crippen molar-refractivity contribution < 1.29 is 14.3 Å². The highest BCUT2D eigenvalue weighted by atomic mass is 16.5. The second-order valence-corrected chi connectivity index (χ2v) is 4.01. The summed E-state index contributed by atoms with van der Waals surface area (Å²) in [4.78, 5) is 11.4. The molecule has 0 aliphatic rings. The molecule has 0 atom stereocenters. The van der Waals surface area contributed by atoms with Crippen molar-refractivity contribution in [1.29, 1.82) is 0 Å². The van der Waals surface area contributed by atoms with Gasteiger partial charge in [-0.15, -0.1) is 0 Å². The second kappa shape index (κ2) is 7.85. The van der Waals surface area contributed by atoms with E-state index in [1.807, 2.05) is 38.1 Å². The van der Waals surface area contributed by atoms with Gasteiger partial charge in [0.1, 0.15) is 12.4 Å². The molecule has 0 fully saturated rings. The minimum atomic E-state index is 0.0890. The third kappa shape index (κ3) is 6.07. The average Bonchev–Trinajstić information content (AvgIpc) is 2.29. The number of rotatable bonds is 8. The quantitative estimate of drug-likeness (QED) is 0.651. The molecule has 0 saturated carbocycles. The van der Waals surface area contributed by atoms with Crippen LogP contribution in [0.1, 0.15) is 25.3 Å². The Kier molecular flexibility index (Phi) is 6.33. The van der Waals surface area contributed by atoms with Crippen molar-refractivity contribution in [3.8, 4) is 5.75 Å². The lowest BCUT2D eigenvalue weighted by Crippen LogP contribution is -2.13. The van der Waals surface area contributed by atoms with Crippen molar-refractivity contribution >= 4 is 5.78 Å². The van der Waals surface area contributed by atoms with Crippen LogP contribution >= 0.6 is 0 Å². The standard InChI is InChI=1S/C14H20O3/c1-3-8-16-11-13(15)7-9-17-14-6-4-5-12(2)10-14/h4-6,10H,3,7-9,11H2,1-2H3. The van der Waals surface area contributed by atoms with Gasteiger partial charge in [0, 0.05) is 13.0 Å². The number of ether oxygens (including phenoxy) is 2. The van der Waals surface area contributed by atoms with Crippen molar-refractivity contribution in [2.24, 2.45) is 0 Å². The number of hydrogen-bond acceptors (Lipinski definition) is 3. The zero-order valence-electron chi connectivity index (χ0n) is 10.6. The fourth-order valence-electron chi connectivity index (χ4n) is 1.39. The Morgan fingerprint density at radius 2 is 2.12 bits per heavy atom. The van der Waals surface area contributed by atoms with Crippen molar-refractivity contribution in [3.05, 3.63) is 29.8 Å². The predicted molar refractivity (Wildman–Crippen MR) is 67.4 cm³/mol. The van der Waals surface area contributed by atoms with Gasteiger partial charge in [0.2, 0.25) is 0 Å². The number of aryl methyl sites for hydroxylation is 1. The molecule has 0 saturated heterocycles. The van der Waals surface area contributed by atoms with Crippen LogP contribution in [0.4, 0.5) is 0 Å². The molecule has 0 heterocycles. The summed E-state index contributed by atoms with van der Waals surface area (Å²) in [5.41, 5.74) is 1.15. The van der Waals surface area contributed by atoms with Gasteiger partial charge in [0.25, 0.3) is 0 Å². The molecule has 0 spiro atoms. The highest BCUT2D eigenvalue weighted by Crippen LogP contribution is 2.12. The van der Waals surface area contributed by atoms with Crippen LogP contribution in [0.5, 0.6) is 5.75 Å². The van der Waals surface area contributed by atoms with Crippen LogP contribution < -0.4 is 4.74 Å².